The number of nitrogens with zero attached hydrogens (tertiary/aromatic N) is 3. The molecule has 6 heteroatoms. The van der Waals surface area contributed by atoms with Crippen LogP contribution in [-0.2, 0) is 9.59 Å². The highest BCUT2D eigenvalue weighted by molar-refractivity contribution is 6.06. The molecular formula is C24H22FN3O2. The molecule has 0 spiro atoms. The van der Waals surface area contributed by atoms with Crippen molar-refractivity contribution in [1.82, 2.24) is 9.58 Å². The first-order valence-corrected chi connectivity index (χ1v) is 10.5. The summed E-state index contributed by atoms with van der Waals surface area (Å²) in [5.74, 6) is 0.497. The Hall–Kier alpha value is -3.02. The number of halogens is 1. The quantitative estimate of drug-likeness (QED) is 0.447. The molecule has 6 atom stereocenters. The van der Waals surface area contributed by atoms with Crippen molar-refractivity contribution in [2.45, 2.75) is 20.3 Å². The Morgan fingerprint density at radius 1 is 1.00 bits per heavy atom. The molecule has 2 amide bonds. The van der Waals surface area contributed by atoms with Crippen LogP contribution in [0.1, 0.15) is 23.4 Å². The van der Waals surface area contributed by atoms with Gasteiger partial charge in [0.2, 0.25) is 0 Å². The summed E-state index contributed by atoms with van der Waals surface area (Å²) in [6.45, 7) is 3.91. The second-order valence-electron chi connectivity index (χ2n) is 9.03. The molecule has 2 bridgehead atoms. The highest BCUT2D eigenvalue weighted by Crippen LogP contribution is 2.65. The molecule has 152 valence electrons. The molecule has 30 heavy (non-hydrogen) atoms. The molecule has 1 aromatic carbocycles. The SMILES string of the molecule is Cc1cc(/C=N\N2C(=O)[C@@H]3[C@H]4C=C[C@@H]([C@@H]5C[C@@H]45)[C@H]3C2=O)c(C)n1-c1ccc(F)cc1. The third-order valence-electron chi connectivity index (χ3n) is 7.51. The molecule has 5 nitrogen and oxygen atoms in total. The Labute approximate surface area is 173 Å². The number of aromatic nitrogens is 1. The Balaban J connectivity index is 1.30. The number of carbonyl (C=O) groups excluding carboxylic acids is 2. The highest BCUT2D eigenvalue weighted by atomic mass is 19.1. The molecular weight excluding hydrogens is 381 g/mol. The van der Waals surface area contributed by atoms with E-state index in [1.54, 1.807) is 18.3 Å². The van der Waals surface area contributed by atoms with Crippen LogP contribution in [0, 0.1) is 55.2 Å². The van der Waals surface area contributed by atoms with Gasteiger partial charge in [0.1, 0.15) is 5.82 Å². The molecule has 0 N–H and O–H groups in total. The van der Waals surface area contributed by atoms with Crippen LogP contribution < -0.4 is 0 Å². The maximum absolute atomic E-state index is 13.3. The van der Waals surface area contributed by atoms with Gasteiger partial charge in [-0.2, -0.15) is 10.1 Å². The highest BCUT2D eigenvalue weighted by Gasteiger charge is 2.67. The Kier molecular flexibility index (Phi) is 3.56. The molecule has 2 saturated carbocycles. The fourth-order valence-electron chi connectivity index (χ4n) is 6.08. The van der Waals surface area contributed by atoms with Crippen LogP contribution in [0.25, 0.3) is 5.69 Å². The molecule has 1 aliphatic heterocycles. The van der Waals surface area contributed by atoms with E-state index in [-0.39, 0.29) is 41.3 Å². The molecule has 0 unspecified atom stereocenters. The van der Waals surface area contributed by atoms with Gasteiger partial charge in [-0.1, -0.05) is 12.2 Å². The van der Waals surface area contributed by atoms with Crippen LogP contribution in [0.15, 0.2) is 47.6 Å². The number of aryl methyl sites for hydroxylation is 1. The van der Waals surface area contributed by atoms with Crippen LogP contribution in [0.5, 0.6) is 0 Å². The van der Waals surface area contributed by atoms with Gasteiger partial charge in [0.05, 0.1) is 18.1 Å². The third-order valence-corrected chi connectivity index (χ3v) is 7.51. The predicted octanol–water partition coefficient (Wildman–Crippen LogP) is 3.62. The zero-order valence-corrected chi connectivity index (χ0v) is 16.8. The number of allylic oxidation sites excluding steroid dienone is 2. The molecule has 0 radical (unpaired) electrons. The van der Waals surface area contributed by atoms with Gasteiger partial charge in [-0.05, 0) is 74.3 Å². The largest absolute Gasteiger partial charge is 0.318 e. The van der Waals surface area contributed by atoms with Crippen LogP contribution >= 0.6 is 0 Å². The summed E-state index contributed by atoms with van der Waals surface area (Å²) in [7, 11) is 0. The van der Waals surface area contributed by atoms with Crippen LogP contribution in [0.3, 0.4) is 0 Å². The van der Waals surface area contributed by atoms with Crippen LogP contribution in [-0.4, -0.2) is 27.6 Å². The fraction of sp³-hybridized carbons (Fsp3) is 0.375. The minimum atomic E-state index is -0.281. The molecule has 5 aliphatic rings. The minimum Gasteiger partial charge on any atom is -0.318 e. The third kappa shape index (κ3) is 2.30. The minimum absolute atomic E-state index is 0.154. The number of hydrogen-bond acceptors (Lipinski definition) is 3. The van der Waals surface area contributed by atoms with Gasteiger partial charge in [-0.3, -0.25) is 9.59 Å². The fourth-order valence-corrected chi connectivity index (χ4v) is 6.08. The number of hydrazone groups is 1. The van der Waals surface area contributed by atoms with Gasteiger partial charge in [-0.25, -0.2) is 4.39 Å². The molecule has 2 aromatic rings. The van der Waals surface area contributed by atoms with E-state index in [1.165, 1.54) is 12.1 Å². The topological polar surface area (TPSA) is 54.7 Å². The van der Waals surface area contributed by atoms with Gasteiger partial charge in [0.15, 0.2) is 0 Å². The Bertz CT molecular complexity index is 1110. The van der Waals surface area contributed by atoms with Crippen LogP contribution in [0.4, 0.5) is 4.39 Å². The van der Waals surface area contributed by atoms with Crippen molar-refractivity contribution in [2.24, 2.45) is 40.6 Å². The van der Waals surface area contributed by atoms with Crippen molar-refractivity contribution < 1.29 is 14.0 Å². The van der Waals surface area contributed by atoms with Crippen molar-refractivity contribution in [3.63, 3.8) is 0 Å². The van der Waals surface area contributed by atoms with E-state index in [2.05, 4.69) is 17.3 Å². The van der Waals surface area contributed by atoms with Crippen molar-refractivity contribution in [2.75, 3.05) is 0 Å². The summed E-state index contributed by atoms with van der Waals surface area (Å²) < 4.78 is 15.3. The van der Waals surface area contributed by atoms with Crippen molar-refractivity contribution in [1.29, 1.82) is 0 Å². The van der Waals surface area contributed by atoms with Crippen LogP contribution in [0.2, 0.25) is 0 Å². The first-order chi connectivity index (χ1) is 14.5. The van der Waals surface area contributed by atoms with Gasteiger partial charge in [0.25, 0.3) is 11.8 Å². The van der Waals surface area contributed by atoms with Gasteiger partial charge >= 0.3 is 0 Å². The van der Waals surface area contributed by atoms with E-state index in [9.17, 15) is 14.0 Å². The van der Waals surface area contributed by atoms with E-state index in [0.717, 1.165) is 34.1 Å². The lowest BCUT2D eigenvalue weighted by atomic mass is 9.63. The lowest BCUT2D eigenvalue weighted by Crippen LogP contribution is -2.40. The number of rotatable bonds is 3. The number of amides is 2. The lowest BCUT2D eigenvalue weighted by molar-refractivity contribution is -0.140. The maximum Gasteiger partial charge on any atom is 0.254 e. The monoisotopic (exact) mass is 403 g/mol. The molecule has 7 rings (SSSR count). The number of imide groups is 1. The summed E-state index contributed by atoms with van der Waals surface area (Å²) in [5.41, 5.74) is 3.57. The van der Waals surface area contributed by atoms with E-state index in [0.29, 0.717) is 11.8 Å². The molecule has 4 aliphatic carbocycles. The average molecular weight is 403 g/mol. The molecule has 2 heterocycles. The van der Waals surface area contributed by atoms with Gasteiger partial charge in [-0.15, -0.1) is 0 Å². The maximum atomic E-state index is 13.3. The van der Waals surface area contributed by atoms with Crippen molar-refractivity contribution >= 4 is 18.0 Å². The molecule has 1 saturated heterocycles. The summed E-state index contributed by atoms with van der Waals surface area (Å²) >= 11 is 0. The van der Waals surface area contributed by atoms with Crippen molar-refractivity contribution in [3.8, 4) is 5.69 Å². The second-order valence-corrected chi connectivity index (χ2v) is 9.03. The first kappa shape index (κ1) is 17.8. The van der Waals surface area contributed by atoms with E-state index in [1.807, 2.05) is 24.5 Å². The normalized spacial score (nSPS) is 33.5. The predicted molar refractivity (Wildman–Crippen MR) is 109 cm³/mol. The number of hydrogen-bond donors (Lipinski definition) is 0. The zero-order chi connectivity index (χ0) is 20.7. The number of benzene rings is 1. The van der Waals surface area contributed by atoms with E-state index >= 15 is 0 Å². The summed E-state index contributed by atoms with van der Waals surface area (Å²) in [5, 5.41) is 5.46. The van der Waals surface area contributed by atoms with E-state index in [4.69, 9.17) is 0 Å². The first-order valence-electron chi connectivity index (χ1n) is 10.5. The van der Waals surface area contributed by atoms with Gasteiger partial charge < -0.3 is 4.57 Å². The zero-order valence-electron chi connectivity index (χ0n) is 16.8. The summed E-state index contributed by atoms with van der Waals surface area (Å²) in [6.07, 6.45) is 7.07. The average Bonchev–Trinajstić information content (AvgIpc) is 3.46. The Morgan fingerprint density at radius 3 is 2.20 bits per heavy atom. The second kappa shape index (κ2) is 6.00. The number of carbonyl (C=O) groups is 2. The summed E-state index contributed by atoms with van der Waals surface area (Å²) in [4.78, 5) is 26.1. The van der Waals surface area contributed by atoms with Crippen molar-refractivity contribution in [3.05, 3.63) is 65.3 Å². The van der Waals surface area contributed by atoms with Gasteiger partial charge in [0, 0.05) is 22.6 Å². The smallest absolute Gasteiger partial charge is 0.254 e. The molecule has 1 aromatic heterocycles. The Morgan fingerprint density at radius 2 is 1.60 bits per heavy atom. The summed E-state index contributed by atoms with van der Waals surface area (Å²) in [6, 6.07) is 8.27. The van der Waals surface area contributed by atoms with E-state index < -0.39 is 0 Å². The standard InChI is InChI=1S/C24H22FN3O2/c1-12-9-14(13(2)27(12)16-5-3-15(25)4-6-16)11-26-28-23(29)21-17-7-8-18(20-10-19(17)20)22(21)24(28)30/h3-9,11,17-22H,10H2,1-2H3/b26-11-/t17-,18-,19-,20-,21+,22+/m0/s1. The lowest BCUT2D eigenvalue weighted by Gasteiger charge is -2.37. The molecule has 3 fully saturated rings.